The number of rotatable bonds is 5. The van der Waals surface area contributed by atoms with Crippen LogP contribution in [0.4, 0.5) is 5.82 Å². The average molecular weight is 263 g/mol. The summed E-state index contributed by atoms with van der Waals surface area (Å²) in [5.74, 6) is 0.920. The topological polar surface area (TPSA) is 37.8 Å². The van der Waals surface area contributed by atoms with Crippen molar-refractivity contribution in [2.45, 2.75) is 12.8 Å². The molecule has 0 aliphatic rings. The SMILES string of the molecule is c1ccc(CCCNc2ncnc3ccccc23)cc1. The van der Waals surface area contributed by atoms with Gasteiger partial charge in [0, 0.05) is 11.9 Å². The van der Waals surface area contributed by atoms with Gasteiger partial charge in [-0.15, -0.1) is 0 Å². The molecule has 0 fully saturated rings. The van der Waals surface area contributed by atoms with Gasteiger partial charge in [0.15, 0.2) is 0 Å². The molecule has 0 unspecified atom stereocenters. The number of anilines is 1. The summed E-state index contributed by atoms with van der Waals surface area (Å²) < 4.78 is 0. The van der Waals surface area contributed by atoms with Crippen LogP contribution in [0.1, 0.15) is 12.0 Å². The molecule has 1 aromatic heterocycles. The monoisotopic (exact) mass is 263 g/mol. The Balaban J connectivity index is 1.60. The highest BCUT2D eigenvalue weighted by Crippen LogP contribution is 2.18. The molecule has 3 aromatic rings. The van der Waals surface area contributed by atoms with Crippen molar-refractivity contribution in [3.63, 3.8) is 0 Å². The third-order valence-electron chi connectivity index (χ3n) is 3.32. The molecule has 3 rings (SSSR count). The fourth-order valence-corrected chi connectivity index (χ4v) is 2.29. The number of hydrogen-bond donors (Lipinski definition) is 1. The van der Waals surface area contributed by atoms with Gasteiger partial charge in [-0.2, -0.15) is 0 Å². The molecule has 1 heterocycles. The summed E-state index contributed by atoms with van der Waals surface area (Å²) >= 11 is 0. The van der Waals surface area contributed by atoms with Crippen LogP contribution in [-0.4, -0.2) is 16.5 Å². The van der Waals surface area contributed by atoms with Crippen molar-refractivity contribution in [3.05, 3.63) is 66.5 Å². The van der Waals surface area contributed by atoms with Crippen LogP contribution in [0.3, 0.4) is 0 Å². The van der Waals surface area contributed by atoms with Crippen molar-refractivity contribution in [1.29, 1.82) is 0 Å². The van der Waals surface area contributed by atoms with Gasteiger partial charge in [0.2, 0.25) is 0 Å². The summed E-state index contributed by atoms with van der Waals surface area (Å²) in [5, 5.41) is 4.49. The first-order chi connectivity index (χ1) is 9.93. The van der Waals surface area contributed by atoms with Gasteiger partial charge in [0.25, 0.3) is 0 Å². The van der Waals surface area contributed by atoms with Crippen molar-refractivity contribution < 1.29 is 0 Å². The second-order valence-electron chi connectivity index (χ2n) is 4.76. The van der Waals surface area contributed by atoms with E-state index in [2.05, 4.69) is 51.7 Å². The number of hydrogen-bond acceptors (Lipinski definition) is 3. The van der Waals surface area contributed by atoms with E-state index in [4.69, 9.17) is 0 Å². The van der Waals surface area contributed by atoms with Crippen LogP contribution in [0.2, 0.25) is 0 Å². The van der Waals surface area contributed by atoms with Crippen LogP contribution in [-0.2, 0) is 6.42 Å². The fourth-order valence-electron chi connectivity index (χ4n) is 2.29. The zero-order chi connectivity index (χ0) is 13.6. The lowest BCUT2D eigenvalue weighted by Crippen LogP contribution is -2.05. The number of aryl methyl sites for hydroxylation is 1. The second-order valence-corrected chi connectivity index (χ2v) is 4.76. The summed E-state index contributed by atoms with van der Waals surface area (Å²) in [6.45, 7) is 0.913. The van der Waals surface area contributed by atoms with Gasteiger partial charge < -0.3 is 5.32 Å². The second kappa shape index (κ2) is 6.15. The third kappa shape index (κ3) is 2.94. The molecule has 0 atom stereocenters. The Kier molecular flexibility index (Phi) is 3.88. The molecule has 2 aromatic carbocycles. The van der Waals surface area contributed by atoms with Crippen molar-refractivity contribution in [3.8, 4) is 0 Å². The van der Waals surface area contributed by atoms with Crippen molar-refractivity contribution in [1.82, 2.24) is 9.97 Å². The Morgan fingerprint density at radius 1 is 0.850 bits per heavy atom. The van der Waals surface area contributed by atoms with Gasteiger partial charge in [0.1, 0.15) is 12.1 Å². The van der Waals surface area contributed by atoms with Crippen molar-refractivity contribution >= 4 is 16.7 Å². The molecular formula is C17H17N3. The van der Waals surface area contributed by atoms with Crippen molar-refractivity contribution in [2.75, 3.05) is 11.9 Å². The highest BCUT2D eigenvalue weighted by molar-refractivity contribution is 5.88. The average Bonchev–Trinajstić information content (AvgIpc) is 2.53. The summed E-state index contributed by atoms with van der Waals surface area (Å²) in [5.41, 5.74) is 2.36. The highest BCUT2D eigenvalue weighted by atomic mass is 15.0. The molecule has 0 amide bonds. The Morgan fingerprint density at radius 3 is 2.55 bits per heavy atom. The van der Waals surface area contributed by atoms with Gasteiger partial charge in [-0.05, 0) is 30.5 Å². The molecule has 3 heteroatoms. The summed E-state index contributed by atoms with van der Waals surface area (Å²) in [7, 11) is 0. The predicted octanol–water partition coefficient (Wildman–Crippen LogP) is 3.67. The summed E-state index contributed by atoms with van der Waals surface area (Å²) in [6, 6.07) is 18.6. The number of para-hydroxylation sites is 1. The molecule has 1 N–H and O–H groups in total. The number of nitrogens with one attached hydrogen (secondary N) is 1. The molecule has 0 aliphatic carbocycles. The van der Waals surface area contributed by atoms with Crippen LogP contribution in [0, 0.1) is 0 Å². The van der Waals surface area contributed by atoms with E-state index in [1.165, 1.54) is 5.56 Å². The smallest absolute Gasteiger partial charge is 0.137 e. The van der Waals surface area contributed by atoms with E-state index in [1.54, 1.807) is 6.33 Å². The van der Waals surface area contributed by atoms with Gasteiger partial charge in [-0.25, -0.2) is 9.97 Å². The van der Waals surface area contributed by atoms with Gasteiger partial charge in [-0.1, -0.05) is 42.5 Å². The quantitative estimate of drug-likeness (QED) is 0.714. The minimum atomic E-state index is 0.913. The lowest BCUT2D eigenvalue weighted by molar-refractivity contribution is 0.859. The molecule has 0 aliphatic heterocycles. The van der Waals surface area contributed by atoms with E-state index in [0.29, 0.717) is 0 Å². The molecular weight excluding hydrogens is 246 g/mol. The molecule has 3 nitrogen and oxygen atoms in total. The Morgan fingerprint density at radius 2 is 1.65 bits per heavy atom. The standard InChI is InChI=1S/C17H17N3/c1-2-7-14(8-3-1)9-6-12-18-17-15-10-4-5-11-16(15)19-13-20-17/h1-5,7-8,10-11,13H,6,9,12H2,(H,18,19,20). The van der Waals surface area contributed by atoms with E-state index in [-0.39, 0.29) is 0 Å². The maximum absolute atomic E-state index is 4.33. The molecule has 0 spiro atoms. The number of aromatic nitrogens is 2. The van der Waals surface area contributed by atoms with Gasteiger partial charge >= 0.3 is 0 Å². The van der Waals surface area contributed by atoms with E-state index < -0.39 is 0 Å². The zero-order valence-electron chi connectivity index (χ0n) is 11.3. The van der Waals surface area contributed by atoms with Crippen LogP contribution < -0.4 is 5.32 Å². The van der Waals surface area contributed by atoms with E-state index in [0.717, 1.165) is 36.1 Å². The lowest BCUT2D eigenvalue weighted by atomic mass is 10.1. The Bertz CT molecular complexity index is 675. The van der Waals surface area contributed by atoms with Crippen LogP contribution in [0.5, 0.6) is 0 Å². The van der Waals surface area contributed by atoms with E-state index in [1.807, 2.05) is 18.2 Å². The largest absolute Gasteiger partial charge is 0.369 e. The van der Waals surface area contributed by atoms with Crippen LogP contribution in [0.25, 0.3) is 10.9 Å². The van der Waals surface area contributed by atoms with Crippen LogP contribution in [0.15, 0.2) is 60.9 Å². The van der Waals surface area contributed by atoms with Gasteiger partial charge in [0.05, 0.1) is 5.52 Å². The maximum Gasteiger partial charge on any atom is 0.137 e. The first-order valence-corrected chi connectivity index (χ1v) is 6.91. The summed E-state index contributed by atoms with van der Waals surface area (Å²) in [6.07, 6.45) is 3.78. The number of benzene rings is 2. The molecule has 0 saturated carbocycles. The molecule has 0 radical (unpaired) electrons. The van der Waals surface area contributed by atoms with Gasteiger partial charge in [-0.3, -0.25) is 0 Å². The predicted molar refractivity (Wildman–Crippen MR) is 82.8 cm³/mol. The Hall–Kier alpha value is -2.42. The first kappa shape index (κ1) is 12.6. The normalized spacial score (nSPS) is 10.6. The fraction of sp³-hybridized carbons (Fsp3) is 0.176. The zero-order valence-corrected chi connectivity index (χ0v) is 11.3. The highest BCUT2D eigenvalue weighted by Gasteiger charge is 2.01. The Labute approximate surface area is 118 Å². The number of fused-ring (bicyclic) bond motifs is 1. The third-order valence-corrected chi connectivity index (χ3v) is 3.32. The first-order valence-electron chi connectivity index (χ1n) is 6.91. The lowest BCUT2D eigenvalue weighted by Gasteiger charge is -2.08. The number of nitrogens with zero attached hydrogens (tertiary/aromatic N) is 2. The van der Waals surface area contributed by atoms with E-state index in [9.17, 15) is 0 Å². The molecule has 20 heavy (non-hydrogen) atoms. The molecule has 100 valence electrons. The minimum absolute atomic E-state index is 0.913. The summed E-state index contributed by atoms with van der Waals surface area (Å²) in [4.78, 5) is 8.60. The molecule has 0 bridgehead atoms. The van der Waals surface area contributed by atoms with E-state index >= 15 is 0 Å². The van der Waals surface area contributed by atoms with Crippen LogP contribution >= 0.6 is 0 Å². The molecule has 0 saturated heterocycles. The minimum Gasteiger partial charge on any atom is -0.369 e. The maximum atomic E-state index is 4.33. The van der Waals surface area contributed by atoms with Crippen molar-refractivity contribution in [2.24, 2.45) is 0 Å².